The Bertz CT molecular complexity index is 835. The molecular weight excluding hydrogens is 380 g/mol. The average molecular weight is 397 g/mol. The van der Waals surface area contributed by atoms with Crippen LogP contribution in [-0.4, -0.2) is 14.3 Å². The summed E-state index contributed by atoms with van der Waals surface area (Å²) in [7, 11) is -3.86. The van der Waals surface area contributed by atoms with Crippen LogP contribution < -0.4 is 10.5 Å². The molecule has 0 aliphatic heterocycles. The fourth-order valence-corrected chi connectivity index (χ4v) is 3.81. The van der Waals surface area contributed by atoms with Crippen molar-refractivity contribution in [3.63, 3.8) is 0 Å². The third kappa shape index (κ3) is 4.63. The van der Waals surface area contributed by atoms with E-state index in [9.17, 15) is 13.2 Å². The lowest BCUT2D eigenvalue weighted by atomic mass is 10.0. The first-order valence-electron chi connectivity index (χ1n) is 7.00. The lowest BCUT2D eigenvalue weighted by Gasteiger charge is -2.10. The highest BCUT2D eigenvalue weighted by Gasteiger charge is 2.14. The van der Waals surface area contributed by atoms with Gasteiger partial charge in [-0.3, -0.25) is 4.79 Å². The normalized spacial score (nSPS) is 11.3. The lowest BCUT2D eigenvalue weighted by Crippen LogP contribution is -2.17. The highest BCUT2D eigenvalue weighted by molar-refractivity contribution is 9.10. The number of aryl methyl sites for hydroxylation is 1. The molecule has 1 amide bonds. The number of nitrogens with two attached hydrogens (primary N) is 1. The molecule has 23 heavy (non-hydrogen) atoms. The van der Waals surface area contributed by atoms with Crippen molar-refractivity contribution in [3.8, 4) is 0 Å². The number of nitrogens with one attached hydrogen (secondary N) is 1. The zero-order valence-electron chi connectivity index (χ0n) is 12.5. The molecule has 0 heterocycles. The molecule has 0 bridgehead atoms. The molecule has 0 aliphatic rings. The number of benzene rings is 2. The number of carbonyl (C=O) groups excluding carboxylic acids is 1. The summed E-state index contributed by atoms with van der Waals surface area (Å²) < 4.78 is 23.4. The number of primary sulfonamides is 1. The van der Waals surface area contributed by atoms with Crippen molar-refractivity contribution in [2.45, 2.75) is 24.7 Å². The number of amides is 1. The number of anilines is 1. The van der Waals surface area contributed by atoms with Gasteiger partial charge >= 0.3 is 0 Å². The summed E-state index contributed by atoms with van der Waals surface area (Å²) in [6.45, 7) is 2.03. The molecule has 0 radical (unpaired) electrons. The van der Waals surface area contributed by atoms with E-state index < -0.39 is 10.0 Å². The Morgan fingerprint density at radius 3 is 2.43 bits per heavy atom. The standard InChI is InChI=1S/C16H17BrN2O3S/c1-2-11-5-3-4-6-12(11)9-16(20)19-13-7-8-14(17)15(10-13)23(18,21)22/h3-8,10H,2,9H2,1H3,(H,19,20)(H2,18,21,22). The van der Waals surface area contributed by atoms with Crippen molar-refractivity contribution < 1.29 is 13.2 Å². The number of carbonyl (C=O) groups is 1. The number of halogens is 1. The zero-order chi connectivity index (χ0) is 17.0. The van der Waals surface area contributed by atoms with Gasteiger partial charge in [-0.25, -0.2) is 13.6 Å². The first-order chi connectivity index (χ1) is 10.8. The van der Waals surface area contributed by atoms with E-state index in [4.69, 9.17) is 5.14 Å². The molecule has 122 valence electrons. The highest BCUT2D eigenvalue weighted by atomic mass is 79.9. The van der Waals surface area contributed by atoms with Gasteiger partial charge in [0.25, 0.3) is 0 Å². The molecule has 2 aromatic carbocycles. The SMILES string of the molecule is CCc1ccccc1CC(=O)Nc1ccc(Br)c(S(N)(=O)=O)c1. The minimum Gasteiger partial charge on any atom is -0.326 e. The van der Waals surface area contributed by atoms with Gasteiger partial charge in [-0.05, 0) is 51.7 Å². The van der Waals surface area contributed by atoms with Crippen molar-refractivity contribution >= 4 is 37.5 Å². The minimum atomic E-state index is -3.86. The van der Waals surface area contributed by atoms with Crippen LogP contribution in [-0.2, 0) is 27.7 Å². The van der Waals surface area contributed by atoms with E-state index in [1.54, 1.807) is 6.07 Å². The molecule has 2 aromatic rings. The Balaban J connectivity index is 2.18. The topological polar surface area (TPSA) is 89.3 Å². The number of rotatable bonds is 5. The fourth-order valence-electron chi connectivity index (χ4n) is 2.25. The molecule has 0 fully saturated rings. The third-order valence-corrected chi connectivity index (χ3v) is 5.28. The molecule has 0 aromatic heterocycles. The molecule has 0 unspecified atom stereocenters. The van der Waals surface area contributed by atoms with E-state index in [1.165, 1.54) is 12.1 Å². The van der Waals surface area contributed by atoms with Gasteiger partial charge in [0.1, 0.15) is 0 Å². The Kier molecular flexibility index (Phi) is 5.56. The van der Waals surface area contributed by atoms with Crippen LogP contribution in [0, 0.1) is 0 Å². The molecule has 7 heteroatoms. The lowest BCUT2D eigenvalue weighted by molar-refractivity contribution is -0.115. The van der Waals surface area contributed by atoms with E-state index in [2.05, 4.69) is 21.2 Å². The van der Waals surface area contributed by atoms with E-state index >= 15 is 0 Å². The number of hydrogen-bond acceptors (Lipinski definition) is 3. The maximum atomic E-state index is 12.2. The van der Waals surface area contributed by atoms with E-state index in [-0.39, 0.29) is 17.2 Å². The van der Waals surface area contributed by atoms with Gasteiger partial charge in [-0.2, -0.15) is 0 Å². The smallest absolute Gasteiger partial charge is 0.239 e. The first-order valence-corrected chi connectivity index (χ1v) is 9.34. The van der Waals surface area contributed by atoms with Crippen LogP contribution in [0.1, 0.15) is 18.1 Å². The van der Waals surface area contributed by atoms with Crippen LogP contribution in [0.4, 0.5) is 5.69 Å². The predicted molar refractivity (Wildman–Crippen MR) is 93.7 cm³/mol. The monoisotopic (exact) mass is 396 g/mol. The second-order valence-electron chi connectivity index (χ2n) is 5.04. The maximum absolute atomic E-state index is 12.2. The van der Waals surface area contributed by atoms with Crippen molar-refractivity contribution in [1.82, 2.24) is 0 Å². The Morgan fingerprint density at radius 1 is 1.17 bits per heavy atom. The van der Waals surface area contributed by atoms with Gasteiger partial charge in [0.2, 0.25) is 15.9 Å². The number of hydrogen-bond donors (Lipinski definition) is 2. The van der Waals surface area contributed by atoms with Crippen molar-refractivity contribution in [3.05, 3.63) is 58.1 Å². The Labute approximate surface area is 144 Å². The van der Waals surface area contributed by atoms with Crippen LogP contribution in [0.25, 0.3) is 0 Å². The summed E-state index contributed by atoms with van der Waals surface area (Å²) in [6.07, 6.45) is 1.07. The first kappa shape index (κ1) is 17.7. The van der Waals surface area contributed by atoms with Gasteiger partial charge in [-0.1, -0.05) is 31.2 Å². The van der Waals surface area contributed by atoms with Gasteiger partial charge < -0.3 is 5.32 Å². The fraction of sp³-hybridized carbons (Fsp3) is 0.188. The highest BCUT2D eigenvalue weighted by Crippen LogP contribution is 2.24. The van der Waals surface area contributed by atoms with Crippen LogP contribution in [0.5, 0.6) is 0 Å². The summed E-state index contributed by atoms with van der Waals surface area (Å²) in [6, 6.07) is 12.2. The van der Waals surface area contributed by atoms with Crippen molar-refractivity contribution in [1.29, 1.82) is 0 Å². The van der Waals surface area contributed by atoms with Crippen LogP contribution >= 0.6 is 15.9 Å². The molecule has 3 N–H and O–H groups in total. The van der Waals surface area contributed by atoms with Crippen molar-refractivity contribution in [2.24, 2.45) is 5.14 Å². The minimum absolute atomic E-state index is 0.0655. The average Bonchev–Trinajstić information content (AvgIpc) is 2.48. The second-order valence-corrected chi connectivity index (χ2v) is 7.42. The van der Waals surface area contributed by atoms with Gasteiger partial charge in [0, 0.05) is 10.2 Å². The van der Waals surface area contributed by atoms with Crippen LogP contribution in [0.2, 0.25) is 0 Å². The van der Waals surface area contributed by atoms with Crippen LogP contribution in [0.3, 0.4) is 0 Å². The van der Waals surface area contributed by atoms with Gasteiger partial charge in [0.05, 0.1) is 11.3 Å². The maximum Gasteiger partial charge on any atom is 0.239 e. The van der Waals surface area contributed by atoms with Crippen LogP contribution in [0.15, 0.2) is 51.8 Å². The summed E-state index contributed by atoms with van der Waals surface area (Å²) in [5.74, 6) is -0.214. The molecule has 0 saturated heterocycles. The number of sulfonamides is 1. The summed E-state index contributed by atoms with van der Waals surface area (Å²) in [5, 5.41) is 7.85. The largest absolute Gasteiger partial charge is 0.326 e. The molecule has 2 rings (SSSR count). The molecule has 5 nitrogen and oxygen atoms in total. The summed E-state index contributed by atoms with van der Waals surface area (Å²) in [5.41, 5.74) is 2.45. The Morgan fingerprint density at radius 2 is 1.83 bits per heavy atom. The zero-order valence-corrected chi connectivity index (χ0v) is 14.9. The molecular formula is C16H17BrN2O3S. The van der Waals surface area contributed by atoms with E-state index in [0.717, 1.165) is 17.5 Å². The van der Waals surface area contributed by atoms with Crippen molar-refractivity contribution in [2.75, 3.05) is 5.32 Å². The molecule has 0 saturated carbocycles. The predicted octanol–water partition coefficient (Wildman–Crippen LogP) is 2.84. The Hall–Kier alpha value is -1.70. The molecule has 0 aliphatic carbocycles. The van der Waals surface area contributed by atoms with Gasteiger partial charge in [-0.15, -0.1) is 0 Å². The third-order valence-electron chi connectivity index (χ3n) is 3.37. The summed E-state index contributed by atoms with van der Waals surface area (Å²) in [4.78, 5) is 12.1. The second kappa shape index (κ2) is 7.25. The van der Waals surface area contributed by atoms with E-state index in [0.29, 0.717) is 10.2 Å². The molecule has 0 atom stereocenters. The van der Waals surface area contributed by atoms with Gasteiger partial charge in [0.15, 0.2) is 0 Å². The quantitative estimate of drug-likeness (QED) is 0.813. The molecule has 0 spiro atoms. The summed E-state index contributed by atoms with van der Waals surface area (Å²) >= 11 is 3.13. The van der Waals surface area contributed by atoms with E-state index in [1.807, 2.05) is 31.2 Å².